The highest BCUT2D eigenvalue weighted by molar-refractivity contribution is 9.10. The normalized spacial score (nSPS) is 11.4. The third kappa shape index (κ3) is 3.90. The minimum Gasteiger partial charge on any atom is -0.381 e. The lowest BCUT2D eigenvalue weighted by Gasteiger charge is -2.10. The van der Waals surface area contributed by atoms with Crippen LogP contribution in [0.3, 0.4) is 0 Å². The largest absolute Gasteiger partial charge is 0.416 e. The van der Waals surface area contributed by atoms with E-state index in [1.165, 1.54) is 12.1 Å². The molecule has 0 aliphatic rings. The third-order valence-electron chi connectivity index (χ3n) is 2.70. The van der Waals surface area contributed by atoms with Crippen LogP contribution in [0.25, 0.3) is 0 Å². The van der Waals surface area contributed by atoms with Crippen LogP contribution < -0.4 is 5.32 Å². The quantitative estimate of drug-likeness (QED) is 0.733. The van der Waals surface area contributed by atoms with Gasteiger partial charge in [0.2, 0.25) is 0 Å². The fourth-order valence-corrected chi connectivity index (χ4v) is 2.12. The summed E-state index contributed by atoms with van der Waals surface area (Å²) in [6, 6.07) is 10.4. The van der Waals surface area contributed by atoms with Crippen molar-refractivity contribution in [3.05, 3.63) is 63.1 Å². The van der Waals surface area contributed by atoms with Crippen LogP contribution in [-0.2, 0) is 12.7 Å². The molecule has 0 saturated carbocycles. The molecule has 6 heteroatoms. The summed E-state index contributed by atoms with van der Waals surface area (Å²) in [4.78, 5) is 0. The Morgan fingerprint density at radius 2 is 1.70 bits per heavy atom. The fourth-order valence-electron chi connectivity index (χ4n) is 1.62. The van der Waals surface area contributed by atoms with Gasteiger partial charge in [0.25, 0.3) is 0 Å². The van der Waals surface area contributed by atoms with Crippen molar-refractivity contribution in [2.75, 3.05) is 5.32 Å². The summed E-state index contributed by atoms with van der Waals surface area (Å²) < 4.78 is 38.0. The van der Waals surface area contributed by atoms with Crippen LogP contribution in [-0.4, -0.2) is 0 Å². The second-order valence-corrected chi connectivity index (χ2v) is 5.44. The van der Waals surface area contributed by atoms with Crippen molar-refractivity contribution in [3.63, 3.8) is 0 Å². The molecule has 20 heavy (non-hydrogen) atoms. The van der Waals surface area contributed by atoms with Gasteiger partial charge in [0.15, 0.2) is 0 Å². The van der Waals surface area contributed by atoms with Crippen LogP contribution in [0.15, 0.2) is 46.9 Å². The Balaban J connectivity index is 2.02. The summed E-state index contributed by atoms with van der Waals surface area (Å²) in [5.74, 6) is 0. The number of hydrogen-bond acceptors (Lipinski definition) is 1. The molecule has 0 fully saturated rings. The van der Waals surface area contributed by atoms with Gasteiger partial charge in [-0.2, -0.15) is 13.2 Å². The SMILES string of the molecule is FC(F)(F)c1ccc(CNc2ccc(Cl)c(Br)c2)cc1. The van der Waals surface area contributed by atoms with Crippen LogP contribution in [0.4, 0.5) is 18.9 Å². The molecule has 0 radical (unpaired) electrons. The fraction of sp³-hybridized carbons (Fsp3) is 0.143. The van der Waals surface area contributed by atoms with Gasteiger partial charge in [0.1, 0.15) is 0 Å². The first-order valence-corrected chi connectivity index (χ1v) is 6.88. The van der Waals surface area contributed by atoms with Crippen LogP contribution >= 0.6 is 27.5 Å². The molecule has 0 aromatic heterocycles. The van der Waals surface area contributed by atoms with Gasteiger partial charge >= 0.3 is 6.18 Å². The van der Waals surface area contributed by atoms with Crippen molar-refractivity contribution >= 4 is 33.2 Å². The predicted octanol–water partition coefficient (Wildman–Crippen LogP) is 5.73. The third-order valence-corrected chi connectivity index (χ3v) is 3.91. The summed E-state index contributed by atoms with van der Waals surface area (Å²) in [6.07, 6.45) is -4.30. The van der Waals surface area contributed by atoms with E-state index in [1.807, 2.05) is 6.07 Å². The maximum atomic E-state index is 12.4. The van der Waals surface area contributed by atoms with Crippen LogP contribution in [0.1, 0.15) is 11.1 Å². The molecule has 0 atom stereocenters. The van der Waals surface area contributed by atoms with Crippen molar-refractivity contribution in [2.24, 2.45) is 0 Å². The summed E-state index contributed by atoms with van der Waals surface area (Å²) in [7, 11) is 0. The van der Waals surface area contributed by atoms with Crippen molar-refractivity contribution in [1.29, 1.82) is 0 Å². The molecule has 0 saturated heterocycles. The Morgan fingerprint density at radius 3 is 2.25 bits per heavy atom. The monoisotopic (exact) mass is 363 g/mol. The number of anilines is 1. The maximum absolute atomic E-state index is 12.4. The summed E-state index contributed by atoms with van der Waals surface area (Å²) in [6.45, 7) is 0.437. The van der Waals surface area contributed by atoms with E-state index in [0.29, 0.717) is 11.6 Å². The first kappa shape index (κ1) is 15.2. The zero-order chi connectivity index (χ0) is 14.8. The Bertz CT molecular complexity index is 596. The molecule has 2 aromatic rings. The number of halogens is 5. The molecule has 0 amide bonds. The lowest BCUT2D eigenvalue weighted by atomic mass is 10.1. The minimum absolute atomic E-state index is 0.437. The average molecular weight is 365 g/mol. The van der Waals surface area contributed by atoms with E-state index in [9.17, 15) is 13.2 Å². The molecule has 0 heterocycles. The van der Waals surface area contributed by atoms with Crippen LogP contribution in [0.2, 0.25) is 5.02 Å². The van der Waals surface area contributed by atoms with E-state index in [1.54, 1.807) is 12.1 Å². The molecule has 0 bridgehead atoms. The lowest BCUT2D eigenvalue weighted by Crippen LogP contribution is -2.05. The molecule has 106 valence electrons. The van der Waals surface area contributed by atoms with Crippen molar-refractivity contribution in [2.45, 2.75) is 12.7 Å². The van der Waals surface area contributed by atoms with E-state index < -0.39 is 11.7 Å². The summed E-state index contributed by atoms with van der Waals surface area (Å²) in [5.41, 5.74) is 0.959. The molecule has 0 aliphatic carbocycles. The standard InChI is InChI=1S/C14H10BrClF3N/c15-12-7-11(5-6-13(12)16)20-8-9-1-3-10(4-2-9)14(17,18)19/h1-7,20H,8H2. The molecular weight excluding hydrogens is 355 g/mol. The highest BCUT2D eigenvalue weighted by Gasteiger charge is 2.29. The molecule has 0 aliphatic heterocycles. The Hall–Kier alpha value is -1.20. The van der Waals surface area contributed by atoms with E-state index >= 15 is 0 Å². The number of benzene rings is 2. The first-order valence-electron chi connectivity index (χ1n) is 5.71. The number of nitrogens with one attached hydrogen (secondary N) is 1. The van der Waals surface area contributed by atoms with Gasteiger partial charge < -0.3 is 5.32 Å². The zero-order valence-corrected chi connectivity index (χ0v) is 12.5. The maximum Gasteiger partial charge on any atom is 0.416 e. The second-order valence-electron chi connectivity index (χ2n) is 4.18. The van der Waals surface area contributed by atoms with E-state index in [0.717, 1.165) is 27.9 Å². The van der Waals surface area contributed by atoms with Gasteiger partial charge in [0, 0.05) is 16.7 Å². The van der Waals surface area contributed by atoms with Gasteiger partial charge in [-0.15, -0.1) is 0 Å². The number of alkyl halides is 3. The van der Waals surface area contributed by atoms with Gasteiger partial charge in [-0.1, -0.05) is 23.7 Å². The second kappa shape index (κ2) is 6.06. The Kier molecular flexibility index (Phi) is 4.60. The highest BCUT2D eigenvalue weighted by Crippen LogP contribution is 2.29. The van der Waals surface area contributed by atoms with Crippen molar-refractivity contribution < 1.29 is 13.2 Å². The molecular formula is C14H10BrClF3N. The molecule has 1 nitrogen and oxygen atoms in total. The van der Waals surface area contributed by atoms with Gasteiger partial charge in [-0.05, 0) is 51.8 Å². The van der Waals surface area contributed by atoms with E-state index in [-0.39, 0.29) is 0 Å². The van der Waals surface area contributed by atoms with E-state index in [2.05, 4.69) is 21.2 Å². The van der Waals surface area contributed by atoms with Crippen LogP contribution in [0.5, 0.6) is 0 Å². The van der Waals surface area contributed by atoms with E-state index in [4.69, 9.17) is 11.6 Å². The lowest BCUT2D eigenvalue weighted by molar-refractivity contribution is -0.137. The Morgan fingerprint density at radius 1 is 1.05 bits per heavy atom. The van der Waals surface area contributed by atoms with Gasteiger partial charge in [-0.3, -0.25) is 0 Å². The predicted molar refractivity (Wildman–Crippen MR) is 77.9 cm³/mol. The minimum atomic E-state index is -4.30. The molecule has 0 spiro atoms. The molecule has 2 aromatic carbocycles. The van der Waals surface area contributed by atoms with Crippen molar-refractivity contribution in [1.82, 2.24) is 0 Å². The van der Waals surface area contributed by atoms with Crippen molar-refractivity contribution in [3.8, 4) is 0 Å². The summed E-state index contributed by atoms with van der Waals surface area (Å²) >= 11 is 9.18. The van der Waals surface area contributed by atoms with Crippen LogP contribution in [0, 0.1) is 0 Å². The van der Waals surface area contributed by atoms with Gasteiger partial charge in [-0.25, -0.2) is 0 Å². The zero-order valence-electron chi connectivity index (χ0n) is 10.1. The smallest absolute Gasteiger partial charge is 0.381 e. The highest BCUT2D eigenvalue weighted by atomic mass is 79.9. The summed E-state index contributed by atoms with van der Waals surface area (Å²) in [5, 5.41) is 3.72. The number of hydrogen-bond donors (Lipinski definition) is 1. The first-order chi connectivity index (χ1) is 9.36. The topological polar surface area (TPSA) is 12.0 Å². The number of rotatable bonds is 3. The average Bonchev–Trinajstić information content (AvgIpc) is 2.40. The molecule has 1 N–H and O–H groups in total. The van der Waals surface area contributed by atoms with Gasteiger partial charge in [0.05, 0.1) is 10.6 Å². The molecule has 2 rings (SSSR count). The molecule has 0 unspecified atom stereocenters. The Labute approximate surface area is 127 Å².